The van der Waals surface area contributed by atoms with Crippen LogP contribution in [0.1, 0.15) is 32.3 Å². The number of rotatable bonds is 7. The highest BCUT2D eigenvalue weighted by Gasteiger charge is 2.09. The fourth-order valence-corrected chi connectivity index (χ4v) is 2.31. The molecule has 0 aliphatic rings. The molecule has 0 fully saturated rings. The van der Waals surface area contributed by atoms with Crippen molar-refractivity contribution >= 4 is 16.9 Å². The zero-order valence-corrected chi connectivity index (χ0v) is 13.0. The molecule has 2 aromatic heterocycles. The number of hydrogen-bond acceptors (Lipinski definition) is 3. The summed E-state index contributed by atoms with van der Waals surface area (Å²) < 4.78 is 7.73. The van der Waals surface area contributed by atoms with Crippen molar-refractivity contribution in [2.24, 2.45) is 7.05 Å². The molecule has 0 radical (unpaired) electrons. The molecule has 0 saturated carbocycles. The van der Waals surface area contributed by atoms with Gasteiger partial charge in [0.15, 0.2) is 0 Å². The van der Waals surface area contributed by atoms with Crippen molar-refractivity contribution in [1.82, 2.24) is 14.9 Å². The lowest BCUT2D eigenvalue weighted by Gasteiger charge is -2.06. The van der Waals surface area contributed by atoms with E-state index in [2.05, 4.69) is 23.4 Å². The number of nitrogens with zero attached hydrogens (tertiary/aromatic N) is 2. The normalized spacial score (nSPS) is 10.8. The molecule has 0 aliphatic heterocycles. The Morgan fingerprint density at radius 1 is 1.48 bits per heavy atom. The van der Waals surface area contributed by atoms with Crippen molar-refractivity contribution in [3.8, 4) is 5.75 Å². The van der Waals surface area contributed by atoms with Gasteiger partial charge in [-0.05, 0) is 24.5 Å². The summed E-state index contributed by atoms with van der Waals surface area (Å²) in [6, 6.07) is 2.04. The van der Waals surface area contributed by atoms with Crippen LogP contribution >= 0.6 is 0 Å². The third kappa shape index (κ3) is 3.97. The second kappa shape index (κ2) is 7.11. The van der Waals surface area contributed by atoms with Gasteiger partial charge >= 0.3 is 0 Å². The molecular formula is C16H23N3O2. The Labute approximate surface area is 125 Å². The van der Waals surface area contributed by atoms with Crippen molar-refractivity contribution in [2.45, 2.75) is 33.1 Å². The van der Waals surface area contributed by atoms with Crippen LogP contribution in [0.2, 0.25) is 0 Å². The van der Waals surface area contributed by atoms with Crippen molar-refractivity contribution in [1.29, 1.82) is 0 Å². The Kier molecular flexibility index (Phi) is 5.20. The van der Waals surface area contributed by atoms with Gasteiger partial charge in [0, 0.05) is 32.1 Å². The molecule has 1 N–H and O–H groups in total. The van der Waals surface area contributed by atoms with Gasteiger partial charge in [-0.25, -0.2) is 4.98 Å². The fourth-order valence-electron chi connectivity index (χ4n) is 2.31. The van der Waals surface area contributed by atoms with E-state index in [1.807, 2.05) is 17.7 Å². The molecule has 2 aromatic rings. The summed E-state index contributed by atoms with van der Waals surface area (Å²) in [4.78, 5) is 15.4. The van der Waals surface area contributed by atoms with Crippen LogP contribution in [-0.2, 0) is 18.3 Å². The van der Waals surface area contributed by atoms with Crippen LogP contribution in [0.25, 0.3) is 11.0 Å². The van der Waals surface area contributed by atoms with E-state index in [9.17, 15) is 4.79 Å². The highest BCUT2D eigenvalue weighted by Crippen LogP contribution is 2.23. The van der Waals surface area contributed by atoms with E-state index in [-0.39, 0.29) is 5.91 Å². The number of unbranched alkanes of at least 4 members (excludes halogenated alkanes) is 1. The van der Waals surface area contributed by atoms with Crippen molar-refractivity contribution in [2.75, 3.05) is 13.2 Å². The van der Waals surface area contributed by atoms with Crippen LogP contribution < -0.4 is 10.1 Å². The first-order chi connectivity index (χ1) is 10.1. The molecule has 21 heavy (non-hydrogen) atoms. The van der Waals surface area contributed by atoms with E-state index >= 15 is 0 Å². The average molecular weight is 289 g/mol. The largest absolute Gasteiger partial charge is 0.492 e. The maximum absolute atomic E-state index is 11.0. The third-order valence-electron chi connectivity index (χ3n) is 3.41. The minimum atomic E-state index is -0.00282. The maximum Gasteiger partial charge on any atom is 0.216 e. The SMILES string of the molecule is CCCCOc1cnc2c(c1)c(CCNC(C)=O)cn2C. The molecule has 0 saturated heterocycles. The Bertz CT molecular complexity index is 619. The van der Waals surface area contributed by atoms with Gasteiger partial charge in [-0.15, -0.1) is 0 Å². The van der Waals surface area contributed by atoms with Crippen molar-refractivity contribution < 1.29 is 9.53 Å². The molecule has 0 aliphatic carbocycles. The topological polar surface area (TPSA) is 56.1 Å². The predicted octanol–water partition coefficient (Wildman–Crippen LogP) is 2.43. The average Bonchev–Trinajstić information content (AvgIpc) is 2.75. The number of pyridine rings is 1. The number of ether oxygens (including phenoxy) is 1. The minimum Gasteiger partial charge on any atom is -0.492 e. The summed E-state index contributed by atoms with van der Waals surface area (Å²) >= 11 is 0. The van der Waals surface area contributed by atoms with Gasteiger partial charge in [0.2, 0.25) is 5.91 Å². The zero-order chi connectivity index (χ0) is 15.2. The molecule has 0 atom stereocenters. The van der Waals surface area contributed by atoms with Crippen LogP contribution in [0.3, 0.4) is 0 Å². The fraction of sp³-hybridized carbons (Fsp3) is 0.500. The summed E-state index contributed by atoms with van der Waals surface area (Å²) in [6.45, 7) is 5.03. The van der Waals surface area contributed by atoms with Gasteiger partial charge in [0.1, 0.15) is 11.4 Å². The van der Waals surface area contributed by atoms with Gasteiger partial charge in [-0.2, -0.15) is 0 Å². The summed E-state index contributed by atoms with van der Waals surface area (Å²) in [5, 5.41) is 3.92. The first-order valence-corrected chi connectivity index (χ1v) is 7.43. The van der Waals surface area contributed by atoms with E-state index in [0.717, 1.165) is 42.7 Å². The first-order valence-electron chi connectivity index (χ1n) is 7.43. The summed E-state index contributed by atoms with van der Waals surface area (Å²) in [6.07, 6.45) is 6.78. The molecule has 2 heterocycles. The highest BCUT2D eigenvalue weighted by atomic mass is 16.5. The molecule has 5 heteroatoms. The highest BCUT2D eigenvalue weighted by molar-refractivity contribution is 5.82. The van der Waals surface area contributed by atoms with Crippen LogP contribution in [0.15, 0.2) is 18.5 Å². The van der Waals surface area contributed by atoms with Crippen LogP contribution in [0.5, 0.6) is 5.75 Å². The Morgan fingerprint density at radius 2 is 2.29 bits per heavy atom. The number of aromatic nitrogens is 2. The van der Waals surface area contributed by atoms with Gasteiger partial charge in [-0.3, -0.25) is 4.79 Å². The molecule has 0 unspecified atom stereocenters. The smallest absolute Gasteiger partial charge is 0.216 e. The number of amides is 1. The Hall–Kier alpha value is -2.04. The standard InChI is InChI=1S/C16H23N3O2/c1-4-5-8-21-14-9-15-13(6-7-17-12(2)20)11-19(3)16(15)18-10-14/h9-11H,4-8H2,1-3H3,(H,17,20). The molecular weight excluding hydrogens is 266 g/mol. The van der Waals surface area contributed by atoms with E-state index in [1.54, 1.807) is 6.20 Å². The molecule has 0 aromatic carbocycles. The number of aryl methyl sites for hydroxylation is 1. The number of hydrogen-bond donors (Lipinski definition) is 1. The quantitative estimate of drug-likeness (QED) is 0.796. The van der Waals surface area contributed by atoms with Gasteiger partial charge < -0.3 is 14.6 Å². The summed E-state index contributed by atoms with van der Waals surface area (Å²) in [5.41, 5.74) is 2.12. The van der Waals surface area contributed by atoms with E-state index < -0.39 is 0 Å². The zero-order valence-electron chi connectivity index (χ0n) is 13.0. The molecule has 0 bridgehead atoms. The Balaban J connectivity index is 2.16. The Morgan fingerprint density at radius 3 is 3.00 bits per heavy atom. The number of fused-ring (bicyclic) bond motifs is 1. The molecule has 2 rings (SSSR count). The van der Waals surface area contributed by atoms with Gasteiger partial charge in [0.25, 0.3) is 0 Å². The van der Waals surface area contributed by atoms with Gasteiger partial charge in [-0.1, -0.05) is 13.3 Å². The lowest BCUT2D eigenvalue weighted by molar-refractivity contribution is -0.118. The molecule has 114 valence electrons. The lowest BCUT2D eigenvalue weighted by Crippen LogP contribution is -2.22. The first kappa shape index (κ1) is 15.4. The summed E-state index contributed by atoms with van der Waals surface area (Å²) in [5.74, 6) is 0.805. The lowest BCUT2D eigenvalue weighted by atomic mass is 10.1. The summed E-state index contributed by atoms with van der Waals surface area (Å²) in [7, 11) is 1.98. The van der Waals surface area contributed by atoms with Crippen molar-refractivity contribution in [3.05, 3.63) is 24.0 Å². The van der Waals surface area contributed by atoms with Crippen LogP contribution in [-0.4, -0.2) is 28.6 Å². The second-order valence-electron chi connectivity index (χ2n) is 5.24. The number of nitrogens with one attached hydrogen (secondary N) is 1. The van der Waals surface area contributed by atoms with Crippen LogP contribution in [0.4, 0.5) is 0 Å². The number of carbonyl (C=O) groups is 1. The van der Waals surface area contributed by atoms with Crippen LogP contribution in [0, 0.1) is 0 Å². The van der Waals surface area contributed by atoms with Crippen molar-refractivity contribution in [3.63, 3.8) is 0 Å². The van der Waals surface area contributed by atoms with E-state index in [0.29, 0.717) is 6.54 Å². The second-order valence-corrected chi connectivity index (χ2v) is 5.24. The third-order valence-corrected chi connectivity index (χ3v) is 3.41. The maximum atomic E-state index is 11.0. The molecule has 0 spiro atoms. The number of carbonyl (C=O) groups excluding carboxylic acids is 1. The molecule has 1 amide bonds. The van der Waals surface area contributed by atoms with Gasteiger partial charge in [0.05, 0.1) is 12.8 Å². The van der Waals surface area contributed by atoms with E-state index in [1.165, 1.54) is 12.5 Å². The minimum absolute atomic E-state index is 0.00282. The van der Waals surface area contributed by atoms with E-state index in [4.69, 9.17) is 4.74 Å². The monoisotopic (exact) mass is 289 g/mol. The predicted molar refractivity (Wildman–Crippen MR) is 83.5 cm³/mol. The molecule has 5 nitrogen and oxygen atoms in total.